The molecular weight excluding hydrogens is 232 g/mol. The topological polar surface area (TPSA) is 16.1 Å². The summed E-state index contributed by atoms with van der Waals surface area (Å²) in [5, 5.41) is 0. The first kappa shape index (κ1) is 12.0. The predicted octanol–water partition coefficient (Wildman–Crippen LogP) is 3.60. The third-order valence-electron chi connectivity index (χ3n) is 3.81. The molecule has 19 heavy (non-hydrogen) atoms. The summed E-state index contributed by atoms with van der Waals surface area (Å²) in [5.74, 6) is 1.07. The van der Waals surface area contributed by atoms with Crippen molar-refractivity contribution in [2.45, 2.75) is 19.9 Å². The predicted molar refractivity (Wildman–Crippen MR) is 80.3 cm³/mol. The number of aromatic nitrogens is 1. The van der Waals surface area contributed by atoms with Crippen LogP contribution in [0.5, 0.6) is 0 Å². The third-order valence-corrected chi connectivity index (χ3v) is 3.81. The Bertz CT molecular complexity index is 616. The second-order valence-electron chi connectivity index (χ2n) is 5.04. The summed E-state index contributed by atoms with van der Waals surface area (Å²) in [4.78, 5) is 6.91. The van der Waals surface area contributed by atoms with Crippen molar-refractivity contribution in [1.29, 1.82) is 0 Å². The lowest BCUT2D eigenvalue weighted by Gasteiger charge is -2.30. The highest BCUT2D eigenvalue weighted by Crippen LogP contribution is 2.24. The first-order chi connectivity index (χ1) is 9.28. The van der Waals surface area contributed by atoms with E-state index < -0.39 is 0 Å². The standard InChI is InChI=1S/C17H18N2/c1-3-14-11-18-17(10-13(14)2)19-9-8-15-6-4-5-7-16(15)12-19/h3-7,10-11H,1,8-9,12H2,2H3. The van der Waals surface area contributed by atoms with Crippen LogP contribution in [0.1, 0.15) is 22.3 Å². The minimum Gasteiger partial charge on any atom is -0.352 e. The number of aryl methyl sites for hydroxylation is 1. The van der Waals surface area contributed by atoms with E-state index in [9.17, 15) is 0 Å². The molecule has 1 aliphatic heterocycles. The van der Waals surface area contributed by atoms with Crippen LogP contribution in [0.4, 0.5) is 5.82 Å². The summed E-state index contributed by atoms with van der Waals surface area (Å²) < 4.78 is 0. The SMILES string of the molecule is C=Cc1cnc(N2CCc3ccccc3C2)cc1C. The first-order valence-corrected chi connectivity index (χ1v) is 6.69. The van der Waals surface area contributed by atoms with Crippen LogP contribution in [0, 0.1) is 6.92 Å². The summed E-state index contributed by atoms with van der Waals surface area (Å²) in [6.45, 7) is 7.91. The average molecular weight is 250 g/mol. The van der Waals surface area contributed by atoms with Gasteiger partial charge in [0.15, 0.2) is 0 Å². The Morgan fingerprint density at radius 3 is 2.79 bits per heavy atom. The van der Waals surface area contributed by atoms with Gasteiger partial charge >= 0.3 is 0 Å². The van der Waals surface area contributed by atoms with E-state index in [-0.39, 0.29) is 0 Å². The minimum absolute atomic E-state index is 0.954. The highest BCUT2D eigenvalue weighted by molar-refractivity contribution is 5.55. The molecule has 0 N–H and O–H groups in total. The fraction of sp³-hybridized carbons (Fsp3) is 0.235. The molecule has 0 bridgehead atoms. The van der Waals surface area contributed by atoms with Crippen LogP contribution in [-0.4, -0.2) is 11.5 Å². The van der Waals surface area contributed by atoms with Crippen molar-refractivity contribution < 1.29 is 0 Å². The Morgan fingerprint density at radius 2 is 2.05 bits per heavy atom. The van der Waals surface area contributed by atoms with Crippen molar-refractivity contribution in [3.63, 3.8) is 0 Å². The van der Waals surface area contributed by atoms with Gasteiger partial charge in [0.05, 0.1) is 0 Å². The normalized spacial score (nSPS) is 14.1. The number of rotatable bonds is 2. The fourth-order valence-corrected chi connectivity index (χ4v) is 2.63. The highest BCUT2D eigenvalue weighted by atomic mass is 15.2. The number of pyridine rings is 1. The van der Waals surface area contributed by atoms with Crippen LogP contribution in [0.25, 0.3) is 6.08 Å². The van der Waals surface area contributed by atoms with Crippen LogP contribution in [0.15, 0.2) is 43.1 Å². The van der Waals surface area contributed by atoms with E-state index in [2.05, 4.69) is 53.7 Å². The van der Waals surface area contributed by atoms with Crippen LogP contribution in [0.2, 0.25) is 0 Å². The van der Waals surface area contributed by atoms with E-state index in [1.54, 1.807) is 0 Å². The zero-order valence-electron chi connectivity index (χ0n) is 11.3. The molecule has 0 amide bonds. The van der Waals surface area contributed by atoms with Crippen LogP contribution >= 0.6 is 0 Å². The summed E-state index contributed by atoms with van der Waals surface area (Å²) in [5.41, 5.74) is 5.24. The van der Waals surface area contributed by atoms with Crippen molar-refractivity contribution >= 4 is 11.9 Å². The van der Waals surface area contributed by atoms with E-state index in [4.69, 9.17) is 0 Å². The molecule has 2 nitrogen and oxygen atoms in total. The molecule has 1 aromatic heterocycles. The summed E-state index contributed by atoms with van der Waals surface area (Å²) in [6.07, 6.45) is 4.87. The molecular formula is C17H18N2. The first-order valence-electron chi connectivity index (χ1n) is 6.69. The molecule has 0 atom stereocenters. The molecule has 96 valence electrons. The molecule has 2 heterocycles. The van der Waals surface area contributed by atoms with Crippen LogP contribution < -0.4 is 4.90 Å². The van der Waals surface area contributed by atoms with E-state index in [1.165, 1.54) is 16.7 Å². The van der Waals surface area contributed by atoms with Gasteiger partial charge in [0, 0.05) is 19.3 Å². The Morgan fingerprint density at radius 1 is 1.26 bits per heavy atom. The van der Waals surface area contributed by atoms with Gasteiger partial charge in [-0.25, -0.2) is 4.98 Å². The van der Waals surface area contributed by atoms with Gasteiger partial charge in [0.2, 0.25) is 0 Å². The number of benzene rings is 1. The molecule has 3 rings (SSSR count). The lowest BCUT2D eigenvalue weighted by Crippen LogP contribution is -2.31. The summed E-state index contributed by atoms with van der Waals surface area (Å²) in [6, 6.07) is 10.8. The van der Waals surface area contributed by atoms with Crippen LogP contribution in [0.3, 0.4) is 0 Å². The second-order valence-corrected chi connectivity index (χ2v) is 5.04. The van der Waals surface area contributed by atoms with Gasteiger partial charge < -0.3 is 4.90 Å². The molecule has 0 saturated carbocycles. The number of nitrogens with zero attached hydrogens (tertiary/aromatic N) is 2. The Balaban J connectivity index is 1.89. The quantitative estimate of drug-likeness (QED) is 0.809. The lowest BCUT2D eigenvalue weighted by atomic mass is 10.00. The molecule has 2 heteroatoms. The van der Waals surface area contributed by atoms with Gasteiger partial charge in [-0.1, -0.05) is 36.9 Å². The maximum Gasteiger partial charge on any atom is 0.129 e. The van der Waals surface area contributed by atoms with E-state index in [0.717, 1.165) is 30.9 Å². The molecule has 1 aliphatic rings. The van der Waals surface area contributed by atoms with Gasteiger partial charge in [0.1, 0.15) is 5.82 Å². The maximum absolute atomic E-state index is 4.56. The monoisotopic (exact) mass is 250 g/mol. The van der Waals surface area contributed by atoms with Gasteiger partial charge in [-0.3, -0.25) is 0 Å². The largest absolute Gasteiger partial charge is 0.352 e. The van der Waals surface area contributed by atoms with Gasteiger partial charge in [-0.05, 0) is 41.7 Å². The molecule has 0 fully saturated rings. The number of fused-ring (bicyclic) bond motifs is 1. The van der Waals surface area contributed by atoms with Crippen molar-refractivity contribution in [3.05, 3.63) is 65.4 Å². The van der Waals surface area contributed by atoms with Crippen molar-refractivity contribution in [3.8, 4) is 0 Å². The van der Waals surface area contributed by atoms with Crippen molar-refractivity contribution in [1.82, 2.24) is 4.98 Å². The summed E-state index contributed by atoms with van der Waals surface area (Å²) >= 11 is 0. The molecule has 0 unspecified atom stereocenters. The smallest absolute Gasteiger partial charge is 0.129 e. The molecule has 0 spiro atoms. The maximum atomic E-state index is 4.56. The number of hydrogen-bond donors (Lipinski definition) is 0. The zero-order chi connectivity index (χ0) is 13.2. The molecule has 0 saturated heterocycles. The lowest BCUT2D eigenvalue weighted by molar-refractivity contribution is 0.720. The molecule has 1 aromatic carbocycles. The number of anilines is 1. The van der Waals surface area contributed by atoms with Gasteiger partial charge in [0.25, 0.3) is 0 Å². The van der Waals surface area contributed by atoms with Crippen molar-refractivity contribution in [2.75, 3.05) is 11.4 Å². The third kappa shape index (κ3) is 2.26. The average Bonchev–Trinajstić information content (AvgIpc) is 2.46. The molecule has 0 aliphatic carbocycles. The number of hydrogen-bond acceptors (Lipinski definition) is 2. The zero-order valence-corrected chi connectivity index (χ0v) is 11.3. The Labute approximate surface area is 114 Å². The van der Waals surface area contributed by atoms with E-state index >= 15 is 0 Å². The van der Waals surface area contributed by atoms with Gasteiger partial charge in [-0.2, -0.15) is 0 Å². The minimum atomic E-state index is 0.954. The van der Waals surface area contributed by atoms with E-state index in [1.807, 2.05) is 12.3 Å². The molecule has 2 aromatic rings. The Hall–Kier alpha value is -2.09. The summed E-state index contributed by atoms with van der Waals surface area (Å²) in [7, 11) is 0. The molecule has 0 radical (unpaired) electrons. The van der Waals surface area contributed by atoms with Crippen LogP contribution in [-0.2, 0) is 13.0 Å². The fourth-order valence-electron chi connectivity index (χ4n) is 2.63. The van der Waals surface area contributed by atoms with E-state index in [0.29, 0.717) is 0 Å². The van der Waals surface area contributed by atoms with Crippen molar-refractivity contribution in [2.24, 2.45) is 0 Å². The highest BCUT2D eigenvalue weighted by Gasteiger charge is 2.17. The Kier molecular flexibility index (Phi) is 3.08. The second kappa shape index (κ2) is 4.88. The van der Waals surface area contributed by atoms with Gasteiger partial charge in [-0.15, -0.1) is 0 Å².